The van der Waals surface area contributed by atoms with E-state index in [2.05, 4.69) is 78.2 Å². The number of rotatable bonds is 7. The molecule has 1 saturated carbocycles. The molecule has 3 aromatic rings. The Morgan fingerprint density at radius 2 is 1.79 bits per heavy atom. The minimum absolute atomic E-state index is 0.259. The Morgan fingerprint density at radius 3 is 2.44 bits per heavy atom. The van der Waals surface area contributed by atoms with Crippen molar-refractivity contribution in [1.82, 2.24) is 20.2 Å². The highest BCUT2D eigenvalue weighted by Gasteiger charge is 2.26. The van der Waals surface area contributed by atoms with Gasteiger partial charge in [-0.15, -0.1) is 0 Å². The van der Waals surface area contributed by atoms with Crippen molar-refractivity contribution in [2.24, 2.45) is 5.92 Å². The first-order valence-electron chi connectivity index (χ1n) is 13.0. The molecule has 5 heteroatoms. The number of nitrogens with one attached hydrogen (secondary N) is 2. The van der Waals surface area contributed by atoms with Gasteiger partial charge in [0.2, 0.25) is 5.91 Å². The van der Waals surface area contributed by atoms with Crippen LogP contribution in [0.25, 0.3) is 22.2 Å². The number of benzene rings is 1. The van der Waals surface area contributed by atoms with Crippen molar-refractivity contribution in [3.63, 3.8) is 0 Å². The molecule has 2 fully saturated rings. The van der Waals surface area contributed by atoms with Crippen molar-refractivity contribution in [2.45, 2.75) is 65.2 Å². The molecule has 5 nitrogen and oxygen atoms in total. The normalized spacial score (nSPS) is 17.1. The molecule has 0 atom stereocenters. The van der Waals surface area contributed by atoms with Crippen molar-refractivity contribution in [2.75, 3.05) is 26.2 Å². The summed E-state index contributed by atoms with van der Waals surface area (Å²) in [5, 5.41) is 4.68. The molecule has 0 spiro atoms. The fourth-order valence-electron chi connectivity index (χ4n) is 5.57. The van der Waals surface area contributed by atoms with Crippen LogP contribution in [-0.4, -0.2) is 47.0 Å². The fraction of sp³-hybridized carbons (Fsp3) is 0.517. The molecule has 1 saturated heterocycles. The van der Waals surface area contributed by atoms with Crippen molar-refractivity contribution in [3.8, 4) is 11.3 Å². The van der Waals surface area contributed by atoms with E-state index < -0.39 is 0 Å². The lowest BCUT2D eigenvalue weighted by atomic mass is 9.87. The number of amides is 1. The highest BCUT2D eigenvalue weighted by atomic mass is 16.2. The maximum Gasteiger partial charge on any atom is 0.236 e. The van der Waals surface area contributed by atoms with Gasteiger partial charge in [-0.3, -0.25) is 9.78 Å². The first-order chi connectivity index (χ1) is 16.4. The Labute approximate surface area is 203 Å². The third-order valence-electron chi connectivity index (χ3n) is 7.54. The van der Waals surface area contributed by atoms with Crippen LogP contribution in [0.2, 0.25) is 0 Å². The van der Waals surface area contributed by atoms with Crippen LogP contribution >= 0.6 is 0 Å². The lowest BCUT2D eigenvalue weighted by Crippen LogP contribution is -2.42. The molecule has 5 rings (SSSR count). The predicted molar refractivity (Wildman–Crippen MR) is 139 cm³/mol. The van der Waals surface area contributed by atoms with Crippen LogP contribution in [0.1, 0.15) is 73.9 Å². The zero-order chi connectivity index (χ0) is 23.8. The number of likely N-dealkylation sites (tertiary alicyclic amines) is 1. The summed E-state index contributed by atoms with van der Waals surface area (Å²) < 4.78 is 0. The summed E-state index contributed by atoms with van der Waals surface area (Å²) in [6, 6.07) is 11.3. The molecule has 2 N–H and O–H groups in total. The van der Waals surface area contributed by atoms with Crippen LogP contribution in [-0.2, 0) is 4.79 Å². The first kappa shape index (κ1) is 23.1. The highest BCUT2D eigenvalue weighted by Crippen LogP contribution is 2.38. The van der Waals surface area contributed by atoms with E-state index in [0.717, 1.165) is 49.8 Å². The van der Waals surface area contributed by atoms with Crippen molar-refractivity contribution >= 4 is 16.8 Å². The molecule has 1 aliphatic carbocycles. The third-order valence-corrected chi connectivity index (χ3v) is 7.54. The van der Waals surface area contributed by atoms with E-state index in [0.29, 0.717) is 18.4 Å². The molecule has 34 heavy (non-hydrogen) atoms. The average molecular weight is 459 g/mol. The van der Waals surface area contributed by atoms with Gasteiger partial charge in [0.1, 0.15) is 0 Å². The van der Waals surface area contributed by atoms with Gasteiger partial charge >= 0.3 is 0 Å². The maximum absolute atomic E-state index is 12.6. The summed E-state index contributed by atoms with van der Waals surface area (Å²) in [5.74, 6) is 1.99. The highest BCUT2D eigenvalue weighted by molar-refractivity contribution is 5.92. The number of pyridine rings is 1. The third kappa shape index (κ3) is 4.90. The van der Waals surface area contributed by atoms with Crippen LogP contribution in [0.5, 0.6) is 0 Å². The second-order valence-corrected chi connectivity index (χ2v) is 10.7. The lowest BCUT2D eigenvalue weighted by molar-refractivity contribution is -0.131. The smallest absolute Gasteiger partial charge is 0.236 e. The topological polar surface area (TPSA) is 61.0 Å². The summed E-state index contributed by atoms with van der Waals surface area (Å²) in [6.07, 6.45) is 4.72. The number of nitrogens with zero attached hydrogens (tertiary/aromatic N) is 2. The van der Waals surface area contributed by atoms with Crippen LogP contribution in [0.4, 0.5) is 0 Å². The number of aryl methyl sites for hydroxylation is 2. The number of aromatic nitrogens is 2. The van der Waals surface area contributed by atoms with Gasteiger partial charge in [-0.1, -0.05) is 19.9 Å². The number of carbonyl (C=O) groups excluding carboxylic acids is 1. The number of fused-ring (bicyclic) bond motifs is 1. The van der Waals surface area contributed by atoms with E-state index in [9.17, 15) is 4.79 Å². The number of piperidine rings is 1. The predicted octanol–water partition coefficient (Wildman–Crippen LogP) is 5.68. The molecule has 0 radical (unpaired) electrons. The van der Waals surface area contributed by atoms with E-state index in [-0.39, 0.29) is 5.91 Å². The Bertz CT molecular complexity index is 1160. The SMILES string of the molecule is Cc1cc(-c2[nH]c3ccc(C4CCN(C(=O)CNCC5CC5)CC4)cc3c2C(C)C)cc(C)n1. The van der Waals surface area contributed by atoms with E-state index in [1.165, 1.54) is 46.1 Å². The molecular weight excluding hydrogens is 420 g/mol. The fourth-order valence-corrected chi connectivity index (χ4v) is 5.57. The number of hydrogen-bond donors (Lipinski definition) is 2. The molecule has 0 bridgehead atoms. The molecular formula is C29H38N4O. The molecule has 180 valence electrons. The Hall–Kier alpha value is -2.66. The molecule has 0 unspecified atom stereocenters. The molecule has 3 heterocycles. The van der Waals surface area contributed by atoms with Gasteiger partial charge < -0.3 is 15.2 Å². The van der Waals surface area contributed by atoms with Gasteiger partial charge in [0.25, 0.3) is 0 Å². The van der Waals surface area contributed by atoms with Crippen LogP contribution in [0, 0.1) is 19.8 Å². The van der Waals surface area contributed by atoms with Crippen LogP contribution in [0.3, 0.4) is 0 Å². The number of H-pyrrole nitrogens is 1. The minimum atomic E-state index is 0.259. The summed E-state index contributed by atoms with van der Waals surface area (Å²) in [7, 11) is 0. The van der Waals surface area contributed by atoms with Gasteiger partial charge in [-0.2, -0.15) is 0 Å². The maximum atomic E-state index is 12.6. The van der Waals surface area contributed by atoms with E-state index in [4.69, 9.17) is 0 Å². The molecule has 2 aromatic heterocycles. The minimum Gasteiger partial charge on any atom is -0.354 e. The van der Waals surface area contributed by atoms with Gasteiger partial charge in [-0.05, 0) is 99.2 Å². The van der Waals surface area contributed by atoms with Crippen LogP contribution < -0.4 is 5.32 Å². The van der Waals surface area contributed by atoms with Gasteiger partial charge in [-0.25, -0.2) is 0 Å². The van der Waals surface area contributed by atoms with Crippen molar-refractivity contribution < 1.29 is 4.79 Å². The van der Waals surface area contributed by atoms with Crippen molar-refractivity contribution in [3.05, 3.63) is 52.8 Å². The monoisotopic (exact) mass is 458 g/mol. The Morgan fingerprint density at radius 1 is 1.09 bits per heavy atom. The summed E-state index contributed by atoms with van der Waals surface area (Å²) in [6.45, 7) is 11.9. The van der Waals surface area contributed by atoms with Crippen LogP contribution in [0.15, 0.2) is 30.3 Å². The summed E-state index contributed by atoms with van der Waals surface area (Å²) in [4.78, 5) is 22.9. The zero-order valence-electron chi connectivity index (χ0n) is 21.1. The standard InChI is InChI=1S/C29H38N4O/c1-18(2)28-25-15-23(7-8-26(25)32-29(28)24-13-19(3)31-20(4)14-24)22-9-11-33(12-10-22)27(34)17-30-16-21-5-6-21/h7-8,13-15,18,21-22,30,32H,5-6,9-12,16-17H2,1-4H3. The Kier molecular flexibility index (Phi) is 6.48. The molecule has 2 aliphatic rings. The largest absolute Gasteiger partial charge is 0.354 e. The molecule has 1 aromatic carbocycles. The second-order valence-electron chi connectivity index (χ2n) is 10.7. The van der Waals surface area contributed by atoms with Gasteiger partial charge in [0.05, 0.1) is 12.2 Å². The summed E-state index contributed by atoms with van der Waals surface area (Å²) >= 11 is 0. The molecule has 1 amide bonds. The zero-order valence-corrected chi connectivity index (χ0v) is 21.1. The lowest BCUT2D eigenvalue weighted by Gasteiger charge is -2.32. The second kappa shape index (κ2) is 9.53. The van der Waals surface area contributed by atoms with E-state index in [1.54, 1.807) is 0 Å². The van der Waals surface area contributed by atoms with Gasteiger partial charge in [0.15, 0.2) is 0 Å². The van der Waals surface area contributed by atoms with Gasteiger partial charge in [0, 0.05) is 40.9 Å². The summed E-state index contributed by atoms with van der Waals surface area (Å²) in [5.41, 5.74) is 8.52. The quantitative estimate of drug-likeness (QED) is 0.479. The Balaban J connectivity index is 1.34. The first-order valence-corrected chi connectivity index (χ1v) is 13.0. The van der Waals surface area contributed by atoms with E-state index in [1.807, 2.05) is 0 Å². The number of hydrogen-bond acceptors (Lipinski definition) is 3. The average Bonchev–Trinajstić information content (AvgIpc) is 3.55. The number of carbonyl (C=O) groups is 1. The number of aromatic amines is 1. The van der Waals surface area contributed by atoms with E-state index >= 15 is 0 Å². The van der Waals surface area contributed by atoms with Crippen molar-refractivity contribution in [1.29, 1.82) is 0 Å². The molecule has 1 aliphatic heterocycles.